The topological polar surface area (TPSA) is 83.6 Å². The van der Waals surface area contributed by atoms with Crippen LogP contribution in [0, 0.1) is 6.92 Å². The number of β-amino-alcohol motifs (C(OH)–C–C–N with tert-alkyl or cyclic N) is 1. The number of amides is 1. The van der Waals surface area contributed by atoms with E-state index >= 15 is 0 Å². The van der Waals surface area contributed by atoms with Gasteiger partial charge in [0.2, 0.25) is 5.82 Å². The van der Waals surface area contributed by atoms with Crippen LogP contribution in [0.25, 0.3) is 5.78 Å². The molecule has 18 heavy (non-hydrogen) atoms. The van der Waals surface area contributed by atoms with Gasteiger partial charge in [0.05, 0.1) is 6.10 Å². The average molecular weight is 247 g/mol. The summed E-state index contributed by atoms with van der Waals surface area (Å²) in [5.41, 5.74) is 0.869. The zero-order valence-electron chi connectivity index (χ0n) is 9.94. The summed E-state index contributed by atoms with van der Waals surface area (Å²) in [6, 6.07) is 1.80. The molecule has 0 aliphatic carbocycles. The highest BCUT2D eigenvalue weighted by Gasteiger charge is 2.28. The van der Waals surface area contributed by atoms with Crippen molar-refractivity contribution in [2.75, 3.05) is 13.1 Å². The van der Waals surface area contributed by atoms with Crippen molar-refractivity contribution in [2.45, 2.75) is 19.4 Å². The van der Waals surface area contributed by atoms with Gasteiger partial charge in [0.1, 0.15) is 0 Å². The Balaban J connectivity index is 1.95. The van der Waals surface area contributed by atoms with Gasteiger partial charge >= 0.3 is 0 Å². The predicted octanol–water partition coefficient (Wildman–Crippen LogP) is -0.360. The second kappa shape index (κ2) is 4.02. The van der Waals surface area contributed by atoms with Gasteiger partial charge in [0, 0.05) is 25.0 Å². The number of rotatable bonds is 1. The van der Waals surface area contributed by atoms with E-state index < -0.39 is 6.10 Å². The number of nitrogens with zero attached hydrogens (tertiary/aromatic N) is 5. The van der Waals surface area contributed by atoms with Crippen molar-refractivity contribution in [3.05, 3.63) is 23.8 Å². The molecule has 94 valence electrons. The predicted molar refractivity (Wildman–Crippen MR) is 62.0 cm³/mol. The van der Waals surface area contributed by atoms with Gasteiger partial charge in [-0.3, -0.25) is 4.79 Å². The molecule has 0 unspecified atom stereocenters. The lowest BCUT2D eigenvalue weighted by molar-refractivity contribution is 0.0753. The van der Waals surface area contributed by atoms with E-state index in [0.29, 0.717) is 25.3 Å². The molecule has 3 heterocycles. The maximum atomic E-state index is 12.1. The summed E-state index contributed by atoms with van der Waals surface area (Å²) in [5.74, 6) is 0.292. The first-order chi connectivity index (χ1) is 8.65. The minimum atomic E-state index is -0.439. The summed E-state index contributed by atoms with van der Waals surface area (Å²) in [6.07, 6.45) is 1.80. The van der Waals surface area contributed by atoms with Crippen molar-refractivity contribution >= 4 is 11.7 Å². The van der Waals surface area contributed by atoms with Gasteiger partial charge < -0.3 is 10.0 Å². The molecule has 0 aromatic carbocycles. The number of aliphatic hydroxyl groups excluding tert-OH is 1. The molecule has 1 amide bonds. The van der Waals surface area contributed by atoms with Gasteiger partial charge in [-0.2, -0.15) is 4.98 Å². The summed E-state index contributed by atoms with van der Waals surface area (Å²) in [4.78, 5) is 21.9. The monoisotopic (exact) mass is 247 g/mol. The van der Waals surface area contributed by atoms with Crippen LogP contribution in [0.5, 0.6) is 0 Å². The Morgan fingerprint density at radius 1 is 1.56 bits per heavy atom. The fraction of sp³-hybridized carbons (Fsp3) is 0.455. The molecule has 0 radical (unpaired) electrons. The number of hydrogen-bond donors (Lipinski definition) is 1. The molecule has 1 aliphatic heterocycles. The molecule has 2 aromatic heterocycles. The third kappa shape index (κ3) is 1.72. The van der Waals surface area contributed by atoms with E-state index in [2.05, 4.69) is 15.1 Å². The maximum Gasteiger partial charge on any atom is 0.293 e. The SMILES string of the molecule is Cc1ccnc2nc(C(=O)N3CC[C@H](O)C3)nn12. The molecule has 1 fully saturated rings. The quantitative estimate of drug-likeness (QED) is 0.744. The number of carbonyl (C=O) groups is 1. The molecule has 7 heteroatoms. The number of fused-ring (bicyclic) bond motifs is 1. The highest BCUT2D eigenvalue weighted by molar-refractivity contribution is 5.91. The van der Waals surface area contributed by atoms with E-state index in [1.165, 1.54) is 0 Å². The molecular formula is C11H13N5O2. The summed E-state index contributed by atoms with van der Waals surface area (Å²) >= 11 is 0. The van der Waals surface area contributed by atoms with E-state index in [-0.39, 0.29) is 11.7 Å². The number of aryl methyl sites for hydroxylation is 1. The first-order valence-corrected chi connectivity index (χ1v) is 5.81. The van der Waals surface area contributed by atoms with E-state index in [0.717, 1.165) is 5.69 Å². The van der Waals surface area contributed by atoms with Gasteiger partial charge in [-0.1, -0.05) is 0 Å². The van der Waals surface area contributed by atoms with Crippen molar-refractivity contribution in [3.8, 4) is 0 Å². The number of carbonyl (C=O) groups excluding carboxylic acids is 1. The number of hydrogen-bond acceptors (Lipinski definition) is 5. The normalized spacial score (nSPS) is 19.7. The fourth-order valence-corrected chi connectivity index (χ4v) is 2.06. The standard InChI is InChI=1S/C11H13N5O2/c1-7-2-4-12-11-13-9(14-16(7)11)10(18)15-5-3-8(17)6-15/h2,4,8,17H,3,5-6H2,1H3/t8-/m0/s1. The molecule has 7 nitrogen and oxygen atoms in total. The number of aliphatic hydroxyl groups is 1. The van der Waals surface area contributed by atoms with Gasteiger partial charge in [0.25, 0.3) is 11.7 Å². The summed E-state index contributed by atoms with van der Waals surface area (Å²) in [6.45, 7) is 2.76. The molecular weight excluding hydrogens is 234 g/mol. The summed E-state index contributed by atoms with van der Waals surface area (Å²) in [5, 5.41) is 13.6. The largest absolute Gasteiger partial charge is 0.391 e. The van der Waals surface area contributed by atoms with E-state index in [1.807, 2.05) is 6.92 Å². The Bertz CT molecular complexity index is 608. The van der Waals surface area contributed by atoms with Crippen molar-refractivity contribution in [1.82, 2.24) is 24.5 Å². The van der Waals surface area contributed by atoms with Crippen LogP contribution in [0.4, 0.5) is 0 Å². The smallest absolute Gasteiger partial charge is 0.293 e. The van der Waals surface area contributed by atoms with Crippen LogP contribution >= 0.6 is 0 Å². The first-order valence-electron chi connectivity index (χ1n) is 5.81. The molecule has 3 rings (SSSR count). The van der Waals surface area contributed by atoms with Crippen LogP contribution in [-0.4, -0.2) is 54.7 Å². The van der Waals surface area contributed by atoms with Crippen LogP contribution < -0.4 is 0 Å². The minimum absolute atomic E-state index is 0.130. The Kier molecular flexibility index (Phi) is 2.48. The third-order valence-electron chi connectivity index (χ3n) is 3.07. The van der Waals surface area contributed by atoms with E-state index in [4.69, 9.17) is 0 Å². The second-order valence-corrected chi connectivity index (χ2v) is 4.43. The van der Waals surface area contributed by atoms with Crippen molar-refractivity contribution < 1.29 is 9.90 Å². The molecule has 1 N–H and O–H groups in total. The van der Waals surface area contributed by atoms with E-state index in [1.54, 1.807) is 21.7 Å². The zero-order valence-corrected chi connectivity index (χ0v) is 9.94. The second-order valence-electron chi connectivity index (χ2n) is 4.43. The molecule has 1 aliphatic rings. The van der Waals surface area contributed by atoms with Crippen molar-refractivity contribution in [1.29, 1.82) is 0 Å². The lowest BCUT2D eigenvalue weighted by Gasteiger charge is -2.12. The molecule has 0 spiro atoms. The maximum absolute atomic E-state index is 12.1. The van der Waals surface area contributed by atoms with Crippen LogP contribution in [0.15, 0.2) is 12.3 Å². The van der Waals surface area contributed by atoms with Crippen molar-refractivity contribution in [3.63, 3.8) is 0 Å². The highest BCUT2D eigenvalue weighted by Crippen LogP contribution is 2.12. The number of likely N-dealkylation sites (tertiary alicyclic amines) is 1. The third-order valence-corrected chi connectivity index (χ3v) is 3.07. The average Bonchev–Trinajstić information content (AvgIpc) is 2.95. The molecule has 1 atom stereocenters. The Morgan fingerprint density at radius 3 is 3.06 bits per heavy atom. The number of aromatic nitrogens is 4. The van der Waals surface area contributed by atoms with Crippen LogP contribution in [0.2, 0.25) is 0 Å². The zero-order chi connectivity index (χ0) is 12.7. The summed E-state index contributed by atoms with van der Waals surface area (Å²) in [7, 11) is 0. The first kappa shape index (κ1) is 11.1. The molecule has 2 aromatic rings. The minimum Gasteiger partial charge on any atom is -0.391 e. The Labute approximate surface area is 103 Å². The molecule has 0 saturated carbocycles. The van der Waals surface area contributed by atoms with Crippen LogP contribution in [0.1, 0.15) is 22.7 Å². The lowest BCUT2D eigenvalue weighted by atomic mass is 10.3. The van der Waals surface area contributed by atoms with Crippen molar-refractivity contribution in [2.24, 2.45) is 0 Å². The molecule has 1 saturated heterocycles. The van der Waals surface area contributed by atoms with Gasteiger partial charge in [-0.25, -0.2) is 9.50 Å². The van der Waals surface area contributed by atoms with Gasteiger partial charge in [-0.15, -0.1) is 5.10 Å². The lowest BCUT2D eigenvalue weighted by Crippen LogP contribution is -2.30. The van der Waals surface area contributed by atoms with Crippen LogP contribution in [-0.2, 0) is 0 Å². The van der Waals surface area contributed by atoms with Gasteiger partial charge in [-0.05, 0) is 19.4 Å². The molecule has 0 bridgehead atoms. The Morgan fingerprint density at radius 2 is 2.39 bits per heavy atom. The van der Waals surface area contributed by atoms with Crippen LogP contribution in [0.3, 0.4) is 0 Å². The highest BCUT2D eigenvalue weighted by atomic mass is 16.3. The Hall–Kier alpha value is -2.02. The van der Waals surface area contributed by atoms with E-state index in [9.17, 15) is 9.90 Å². The fourth-order valence-electron chi connectivity index (χ4n) is 2.06. The summed E-state index contributed by atoms with van der Waals surface area (Å²) < 4.78 is 1.54. The van der Waals surface area contributed by atoms with Gasteiger partial charge in [0.15, 0.2) is 0 Å².